The molecule has 2 rings (SSSR count). The Hall–Kier alpha value is -2.34. The Labute approximate surface area is 123 Å². The first-order valence-electron chi connectivity index (χ1n) is 6.69. The van der Waals surface area contributed by atoms with Crippen LogP contribution in [0.2, 0.25) is 0 Å². The Morgan fingerprint density at radius 1 is 1.48 bits per heavy atom. The van der Waals surface area contributed by atoms with Gasteiger partial charge in [-0.15, -0.1) is 0 Å². The molecule has 6 heteroatoms. The van der Waals surface area contributed by atoms with E-state index >= 15 is 0 Å². The highest BCUT2D eigenvalue weighted by Gasteiger charge is 2.11. The minimum absolute atomic E-state index is 0.0643. The first-order chi connectivity index (χ1) is 10.2. The fraction of sp³-hybridized carbons (Fsp3) is 0.333. The summed E-state index contributed by atoms with van der Waals surface area (Å²) >= 11 is 0. The van der Waals surface area contributed by atoms with Crippen LogP contribution in [-0.2, 0) is 17.8 Å². The number of hydrogen-bond donors (Lipinski definition) is 2. The molecular weight excluding hydrogens is 270 g/mol. The van der Waals surface area contributed by atoms with E-state index < -0.39 is 0 Å². The number of aliphatic hydroxyl groups is 1. The normalized spacial score (nSPS) is 10.4. The number of benzene rings is 1. The van der Waals surface area contributed by atoms with Gasteiger partial charge in [-0.1, -0.05) is 6.07 Å². The fourth-order valence-electron chi connectivity index (χ4n) is 2.08. The van der Waals surface area contributed by atoms with Crippen molar-refractivity contribution in [2.24, 2.45) is 0 Å². The number of nitrogens with zero attached hydrogens (tertiary/aromatic N) is 2. The van der Waals surface area contributed by atoms with Gasteiger partial charge in [-0.2, -0.15) is 5.10 Å². The Morgan fingerprint density at radius 2 is 2.29 bits per heavy atom. The van der Waals surface area contributed by atoms with Crippen molar-refractivity contribution >= 4 is 11.7 Å². The van der Waals surface area contributed by atoms with Crippen LogP contribution in [0.4, 0.5) is 5.69 Å². The van der Waals surface area contributed by atoms with Gasteiger partial charge in [-0.3, -0.25) is 4.68 Å². The summed E-state index contributed by atoms with van der Waals surface area (Å²) < 4.78 is 6.45. The van der Waals surface area contributed by atoms with Crippen LogP contribution >= 0.6 is 0 Å². The smallest absolute Gasteiger partial charge is 0.338 e. The minimum Gasteiger partial charge on any atom is -0.465 e. The lowest BCUT2D eigenvalue weighted by Gasteiger charge is -2.11. The van der Waals surface area contributed by atoms with Crippen LogP contribution in [0.25, 0.3) is 0 Å². The summed E-state index contributed by atoms with van der Waals surface area (Å²) in [4.78, 5) is 11.6. The van der Waals surface area contributed by atoms with Crippen molar-refractivity contribution < 1.29 is 14.6 Å². The van der Waals surface area contributed by atoms with Gasteiger partial charge in [0, 0.05) is 24.0 Å². The molecule has 0 bridgehead atoms. The second-order valence-corrected chi connectivity index (χ2v) is 4.66. The highest BCUT2D eigenvalue weighted by Crippen LogP contribution is 2.20. The van der Waals surface area contributed by atoms with Gasteiger partial charge in [0.05, 0.1) is 32.0 Å². The van der Waals surface area contributed by atoms with Gasteiger partial charge in [0.15, 0.2) is 0 Å². The lowest BCUT2D eigenvalue weighted by molar-refractivity contribution is 0.0600. The number of rotatable bonds is 6. The average molecular weight is 289 g/mol. The Bertz CT molecular complexity index is 622. The van der Waals surface area contributed by atoms with Gasteiger partial charge in [-0.25, -0.2) is 4.79 Å². The maximum atomic E-state index is 11.6. The van der Waals surface area contributed by atoms with Crippen LogP contribution in [0.3, 0.4) is 0 Å². The molecule has 2 N–H and O–H groups in total. The monoisotopic (exact) mass is 289 g/mol. The van der Waals surface area contributed by atoms with E-state index in [0.717, 1.165) is 16.8 Å². The number of carbonyl (C=O) groups is 1. The molecule has 2 aromatic rings. The second-order valence-electron chi connectivity index (χ2n) is 4.66. The average Bonchev–Trinajstić information content (AvgIpc) is 2.93. The molecule has 1 heterocycles. The van der Waals surface area contributed by atoms with Crippen LogP contribution in [0, 0.1) is 6.92 Å². The topological polar surface area (TPSA) is 76.4 Å². The SMILES string of the molecule is COC(=O)c1cccc(NCc2cnn(CCO)c2)c1C. The van der Waals surface area contributed by atoms with Crippen LogP contribution in [0.5, 0.6) is 0 Å². The predicted molar refractivity (Wildman–Crippen MR) is 79.2 cm³/mol. The summed E-state index contributed by atoms with van der Waals surface area (Å²) in [6.45, 7) is 3.02. The van der Waals surface area contributed by atoms with E-state index in [1.165, 1.54) is 7.11 Å². The number of methoxy groups -OCH3 is 1. The molecule has 0 saturated carbocycles. The number of esters is 1. The van der Waals surface area contributed by atoms with Crippen molar-refractivity contribution in [2.75, 3.05) is 19.0 Å². The Kier molecular flexibility index (Phi) is 4.94. The zero-order chi connectivity index (χ0) is 15.2. The third-order valence-electron chi connectivity index (χ3n) is 3.24. The van der Waals surface area contributed by atoms with Gasteiger partial charge < -0.3 is 15.2 Å². The molecule has 0 unspecified atom stereocenters. The lowest BCUT2D eigenvalue weighted by Crippen LogP contribution is -2.07. The van der Waals surface area contributed by atoms with Crippen molar-refractivity contribution in [3.05, 3.63) is 47.3 Å². The molecule has 0 aliphatic rings. The Morgan fingerprint density at radius 3 is 3.00 bits per heavy atom. The number of nitrogens with one attached hydrogen (secondary N) is 1. The van der Waals surface area contributed by atoms with Crippen LogP contribution in [0.15, 0.2) is 30.6 Å². The summed E-state index contributed by atoms with van der Waals surface area (Å²) in [5.74, 6) is -0.341. The highest BCUT2D eigenvalue weighted by molar-refractivity contribution is 5.92. The second kappa shape index (κ2) is 6.90. The van der Waals surface area contributed by atoms with Crippen LogP contribution < -0.4 is 5.32 Å². The predicted octanol–water partition coefficient (Wildman–Crippen LogP) is 1.58. The number of anilines is 1. The van der Waals surface area contributed by atoms with E-state index in [1.54, 1.807) is 16.9 Å². The maximum Gasteiger partial charge on any atom is 0.338 e. The molecule has 0 fully saturated rings. The molecule has 21 heavy (non-hydrogen) atoms. The van der Waals surface area contributed by atoms with Crippen molar-refractivity contribution in [1.29, 1.82) is 0 Å². The first kappa shape index (κ1) is 15.1. The molecule has 0 atom stereocenters. The van der Waals surface area contributed by atoms with E-state index in [9.17, 15) is 4.79 Å². The van der Waals surface area contributed by atoms with Gasteiger partial charge in [0.2, 0.25) is 0 Å². The molecule has 1 aromatic carbocycles. The number of hydrogen-bond acceptors (Lipinski definition) is 5. The van der Waals surface area contributed by atoms with Crippen molar-refractivity contribution in [3.8, 4) is 0 Å². The molecule has 0 spiro atoms. The number of ether oxygens (including phenoxy) is 1. The summed E-state index contributed by atoms with van der Waals surface area (Å²) in [5.41, 5.74) is 3.30. The summed E-state index contributed by atoms with van der Waals surface area (Å²) in [5, 5.41) is 16.3. The largest absolute Gasteiger partial charge is 0.465 e. The molecule has 0 saturated heterocycles. The van der Waals surface area contributed by atoms with Crippen molar-refractivity contribution in [3.63, 3.8) is 0 Å². The summed E-state index contributed by atoms with van der Waals surface area (Å²) in [7, 11) is 1.37. The standard InChI is InChI=1S/C15H19N3O3/c1-11-13(15(20)21-2)4-3-5-14(11)16-8-12-9-17-18(10-12)6-7-19/h3-5,9-10,16,19H,6-8H2,1-2H3. The molecule has 0 aliphatic carbocycles. The number of aromatic nitrogens is 2. The van der Waals surface area contributed by atoms with Gasteiger partial charge in [0.25, 0.3) is 0 Å². The zero-order valence-corrected chi connectivity index (χ0v) is 12.2. The molecule has 0 radical (unpaired) electrons. The van der Waals surface area contributed by atoms with Gasteiger partial charge in [0.1, 0.15) is 0 Å². The first-order valence-corrected chi connectivity index (χ1v) is 6.69. The molecule has 6 nitrogen and oxygen atoms in total. The number of aliphatic hydroxyl groups excluding tert-OH is 1. The minimum atomic E-state index is -0.341. The van der Waals surface area contributed by atoms with Crippen molar-refractivity contribution in [1.82, 2.24) is 9.78 Å². The highest BCUT2D eigenvalue weighted by atomic mass is 16.5. The maximum absolute atomic E-state index is 11.6. The Balaban J connectivity index is 2.07. The lowest BCUT2D eigenvalue weighted by atomic mass is 10.1. The van der Waals surface area contributed by atoms with Crippen LogP contribution in [-0.4, -0.2) is 34.6 Å². The summed E-state index contributed by atoms with van der Waals surface area (Å²) in [6, 6.07) is 5.47. The van der Waals surface area contributed by atoms with E-state index in [1.807, 2.05) is 25.3 Å². The van der Waals surface area contributed by atoms with Crippen molar-refractivity contribution in [2.45, 2.75) is 20.0 Å². The molecule has 0 amide bonds. The van der Waals surface area contributed by atoms with E-state index in [2.05, 4.69) is 10.4 Å². The third kappa shape index (κ3) is 3.61. The van der Waals surface area contributed by atoms with Gasteiger partial charge in [-0.05, 0) is 24.6 Å². The zero-order valence-electron chi connectivity index (χ0n) is 12.2. The van der Waals surface area contributed by atoms with Gasteiger partial charge >= 0.3 is 5.97 Å². The van der Waals surface area contributed by atoms with Crippen LogP contribution in [0.1, 0.15) is 21.5 Å². The quantitative estimate of drug-likeness (QED) is 0.790. The molecular formula is C15H19N3O3. The molecule has 1 aromatic heterocycles. The molecule has 0 aliphatic heterocycles. The summed E-state index contributed by atoms with van der Waals surface area (Å²) in [6.07, 6.45) is 3.63. The third-order valence-corrected chi connectivity index (χ3v) is 3.24. The number of carbonyl (C=O) groups excluding carboxylic acids is 1. The van der Waals surface area contributed by atoms with E-state index in [4.69, 9.17) is 9.84 Å². The van der Waals surface area contributed by atoms with E-state index in [0.29, 0.717) is 18.7 Å². The van der Waals surface area contributed by atoms with E-state index in [-0.39, 0.29) is 12.6 Å². The molecule has 112 valence electrons. The fourth-order valence-corrected chi connectivity index (χ4v) is 2.08.